The minimum Gasteiger partial charge on any atom is -0.376 e. The van der Waals surface area contributed by atoms with Gasteiger partial charge in [0.25, 0.3) is 0 Å². The molecule has 0 aromatic rings. The fourth-order valence-corrected chi connectivity index (χ4v) is 1.63. The van der Waals surface area contributed by atoms with E-state index in [0.717, 1.165) is 39.2 Å². The topological polar surface area (TPSA) is 24.5 Å². The number of terminal acetylenes is 1. The number of nitrogens with one attached hydrogen (secondary N) is 1. The Labute approximate surface area is 86.8 Å². The van der Waals surface area contributed by atoms with Crippen LogP contribution in [0.3, 0.4) is 0 Å². The molecule has 0 aromatic carbocycles. The summed E-state index contributed by atoms with van der Waals surface area (Å²) in [5.74, 6) is 2.57. The van der Waals surface area contributed by atoms with Crippen molar-refractivity contribution in [2.75, 3.05) is 39.3 Å². The molecule has 1 N–H and O–H groups in total. The van der Waals surface area contributed by atoms with Gasteiger partial charge >= 0.3 is 0 Å². The van der Waals surface area contributed by atoms with E-state index in [1.165, 1.54) is 0 Å². The van der Waals surface area contributed by atoms with Gasteiger partial charge in [-0.15, -0.1) is 6.42 Å². The normalized spacial score (nSPS) is 23.3. The third-order valence-corrected chi connectivity index (χ3v) is 2.51. The van der Waals surface area contributed by atoms with E-state index in [1.54, 1.807) is 0 Å². The summed E-state index contributed by atoms with van der Waals surface area (Å²) in [5, 5.41) is 3.20. The Morgan fingerprint density at radius 3 is 3.21 bits per heavy atom. The van der Waals surface area contributed by atoms with Gasteiger partial charge in [0.2, 0.25) is 0 Å². The third-order valence-electron chi connectivity index (χ3n) is 2.51. The van der Waals surface area contributed by atoms with Crippen LogP contribution in [-0.4, -0.2) is 50.3 Å². The fraction of sp³-hybridized carbons (Fsp3) is 0.818. The highest BCUT2D eigenvalue weighted by molar-refractivity contribution is 4.86. The molecule has 0 radical (unpaired) electrons. The minimum absolute atomic E-state index is 0.427. The van der Waals surface area contributed by atoms with Crippen LogP contribution < -0.4 is 5.32 Å². The van der Waals surface area contributed by atoms with E-state index in [1.807, 2.05) is 0 Å². The molecule has 3 heteroatoms. The van der Waals surface area contributed by atoms with E-state index in [9.17, 15) is 0 Å². The van der Waals surface area contributed by atoms with Gasteiger partial charge in [0.1, 0.15) is 0 Å². The number of ether oxygens (including phenoxy) is 1. The first-order valence-electron chi connectivity index (χ1n) is 5.35. The Morgan fingerprint density at radius 1 is 1.64 bits per heavy atom. The summed E-state index contributed by atoms with van der Waals surface area (Å²) in [7, 11) is 0. The minimum atomic E-state index is 0.427. The lowest BCUT2D eigenvalue weighted by atomic mass is 10.2. The van der Waals surface area contributed by atoms with Crippen LogP contribution in [0.5, 0.6) is 0 Å². The lowest BCUT2D eigenvalue weighted by Gasteiger charge is -2.32. The molecule has 3 nitrogen and oxygen atoms in total. The molecule has 1 fully saturated rings. The van der Waals surface area contributed by atoms with E-state index >= 15 is 0 Å². The summed E-state index contributed by atoms with van der Waals surface area (Å²) < 4.78 is 5.59. The van der Waals surface area contributed by atoms with Gasteiger partial charge in [-0.3, -0.25) is 4.90 Å². The molecule has 1 saturated heterocycles. The van der Waals surface area contributed by atoms with Gasteiger partial charge in [-0.05, 0) is 6.42 Å². The molecule has 0 saturated carbocycles. The Bertz CT molecular complexity index is 188. The highest BCUT2D eigenvalue weighted by Crippen LogP contribution is 2.06. The number of morpholine rings is 1. The summed E-state index contributed by atoms with van der Waals surface area (Å²) in [6.07, 6.45) is 6.68. The van der Waals surface area contributed by atoms with Crippen LogP contribution in [0.4, 0.5) is 0 Å². The van der Waals surface area contributed by atoms with Crippen molar-refractivity contribution in [3.8, 4) is 12.3 Å². The number of rotatable bonds is 5. The van der Waals surface area contributed by atoms with Gasteiger partial charge in [0.15, 0.2) is 0 Å². The molecule has 0 aliphatic carbocycles. The molecule has 1 aliphatic heterocycles. The molecular formula is C11H20N2O. The fourth-order valence-electron chi connectivity index (χ4n) is 1.63. The quantitative estimate of drug-likeness (QED) is 0.506. The molecule has 0 spiro atoms. The first-order valence-corrected chi connectivity index (χ1v) is 5.35. The van der Waals surface area contributed by atoms with Gasteiger partial charge in [-0.2, -0.15) is 0 Å². The predicted molar refractivity (Wildman–Crippen MR) is 58.2 cm³/mol. The maximum Gasteiger partial charge on any atom is 0.0700 e. The SMILES string of the molecule is C#CCNCCN1CCOC(CC)C1. The lowest BCUT2D eigenvalue weighted by molar-refractivity contribution is -0.0290. The van der Waals surface area contributed by atoms with Gasteiger partial charge in [-0.1, -0.05) is 12.8 Å². The van der Waals surface area contributed by atoms with Crippen LogP contribution in [-0.2, 0) is 4.74 Å². The second kappa shape index (κ2) is 6.83. The van der Waals surface area contributed by atoms with E-state index in [4.69, 9.17) is 11.2 Å². The van der Waals surface area contributed by atoms with Crippen molar-refractivity contribution in [1.82, 2.24) is 10.2 Å². The molecule has 0 amide bonds. The summed E-state index contributed by atoms with van der Waals surface area (Å²) in [5.41, 5.74) is 0. The Morgan fingerprint density at radius 2 is 2.50 bits per heavy atom. The molecular weight excluding hydrogens is 176 g/mol. The van der Waals surface area contributed by atoms with Crippen LogP contribution >= 0.6 is 0 Å². The highest BCUT2D eigenvalue weighted by atomic mass is 16.5. The summed E-state index contributed by atoms with van der Waals surface area (Å²) in [6.45, 7) is 7.87. The lowest BCUT2D eigenvalue weighted by Crippen LogP contribution is -2.44. The zero-order valence-corrected chi connectivity index (χ0v) is 8.96. The van der Waals surface area contributed by atoms with Crippen molar-refractivity contribution >= 4 is 0 Å². The zero-order valence-electron chi connectivity index (χ0n) is 8.96. The highest BCUT2D eigenvalue weighted by Gasteiger charge is 2.17. The van der Waals surface area contributed by atoms with E-state index < -0.39 is 0 Å². The molecule has 1 heterocycles. The molecule has 1 aliphatic rings. The van der Waals surface area contributed by atoms with Gasteiger partial charge in [0, 0.05) is 26.2 Å². The molecule has 0 aromatic heterocycles. The van der Waals surface area contributed by atoms with Crippen LogP contribution in [0.1, 0.15) is 13.3 Å². The second-order valence-corrected chi connectivity index (χ2v) is 3.58. The van der Waals surface area contributed by atoms with Crippen LogP contribution in [0.25, 0.3) is 0 Å². The van der Waals surface area contributed by atoms with Crippen LogP contribution in [0.2, 0.25) is 0 Å². The Hall–Kier alpha value is -0.560. The van der Waals surface area contributed by atoms with Gasteiger partial charge in [0.05, 0.1) is 19.3 Å². The maximum absolute atomic E-state index is 5.59. The maximum atomic E-state index is 5.59. The summed E-state index contributed by atoms with van der Waals surface area (Å²) in [4.78, 5) is 2.43. The Kier molecular flexibility index (Phi) is 5.62. The molecule has 14 heavy (non-hydrogen) atoms. The van der Waals surface area contributed by atoms with E-state index in [-0.39, 0.29) is 0 Å². The van der Waals surface area contributed by atoms with Crippen molar-refractivity contribution in [1.29, 1.82) is 0 Å². The molecule has 1 unspecified atom stereocenters. The van der Waals surface area contributed by atoms with E-state index in [0.29, 0.717) is 12.6 Å². The molecule has 0 bridgehead atoms. The van der Waals surface area contributed by atoms with Crippen LogP contribution in [0, 0.1) is 12.3 Å². The average Bonchev–Trinajstić information content (AvgIpc) is 2.25. The third kappa shape index (κ3) is 4.10. The molecule has 80 valence electrons. The first kappa shape index (κ1) is 11.5. The predicted octanol–water partition coefficient (Wildman–Crippen LogP) is 0.320. The van der Waals surface area contributed by atoms with Crippen molar-refractivity contribution in [3.05, 3.63) is 0 Å². The standard InChI is InChI=1S/C11H20N2O/c1-3-5-12-6-7-13-8-9-14-11(4-2)10-13/h1,11-12H,4-10H2,2H3. The van der Waals surface area contributed by atoms with Crippen molar-refractivity contribution in [2.24, 2.45) is 0 Å². The largest absolute Gasteiger partial charge is 0.376 e. The van der Waals surface area contributed by atoms with Crippen LogP contribution in [0.15, 0.2) is 0 Å². The molecule has 1 atom stereocenters. The van der Waals surface area contributed by atoms with Gasteiger partial charge < -0.3 is 10.1 Å². The van der Waals surface area contributed by atoms with E-state index in [2.05, 4.69) is 23.1 Å². The number of nitrogens with zero attached hydrogens (tertiary/aromatic N) is 1. The summed E-state index contributed by atoms with van der Waals surface area (Å²) >= 11 is 0. The second-order valence-electron chi connectivity index (χ2n) is 3.58. The summed E-state index contributed by atoms with van der Waals surface area (Å²) in [6, 6.07) is 0. The number of hydrogen-bond acceptors (Lipinski definition) is 3. The smallest absolute Gasteiger partial charge is 0.0700 e. The average molecular weight is 196 g/mol. The molecule has 1 rings (SSSR count). The van der Waals surface area contributed by atoms with Gasteiger partial charge in [-0.25, -0.2) is 0 Å². The number of hydrogen-bond donors (Lipinski definition) is 1. The van der Waals surface area contributed by atoms with Crippen molar-refractivity contribution < 1.29 is 4.74 Å². The Balaban J connectivity index is 2.08. The van der Waals surface area contributed by atoms with Crippen molar-refractivity contribution in [3.63, 3.8) is 0 Å². The monoisotopic (exact) mass is 196 g/mol. The van der Waals surface area contributed by atoms with Crippen molar-refractivity contribution in [2.45, 2.75) is 19.4 Å². The first-order chi connectivity index (χ1) is 6.86. The zero-order chi connectivity index (χ0) is 10.2.